The number of benzene rings is 3. The first kappa shape index (κ1) is 28.8. The molecule has 2 aliphatic rings. The van der Waals surface area contributed by atoms with E-state index in [0.717, 1.165) is 86.1 Å². The van der Waals surface area contributed by atoms with Crippen molar-refractivity contribution in [1.29, 1.82) is 0 Å². The standard InChI is InChI=1S/C33H37FN6O3/c1-23-36-37-32-13-7-26-19-28(10-11-29(26)40(23)32)35-33(41)21-39-15-3-14-38(16-17-39)20-25-6-12-30(31(18-25)42-2)43-22-24-4-8-27(34)9-5-24/h4-6,8-12,18-19H,3,7,13-17,20-22H2,1-2H3,(H,35,41). The van der Waals surface area contributed by atoms with Crippen LogP contribution in [0.4, 0.5) is 10.1 Å². The molecule has 9 nitrogen and oxygen atoms in total. The van der Waals surface area contributed by atoms with Gasteiger partial charge in [0.2, 0.25) is 5.91 Å². The highest BCUT2D eigenvalue weighted by atomic mass is 19.1. The van der Waals surface area contributed by atoms with E-state index in [1.807, 2.05) is 31.2 Å². The van der Waals surface area contributed by atoms with Crippen molar-refractivity contribution in [2.75, 3.05) is 45.2 Å². The maximum absolute atomic E-state index is 13.2. The Labute approximate surface area is 251 Å². The van der Waals surface area contributed by atoms with Crippen LogP contribution in [-0.2, 0) is 30.8 Å². The first-order chi connectivity index (χ1) is 20.9. The minimum Gasteiger partial charge on any atom is -0.493 e. The second-order valence-corrected chi connectivity index (χ2v) is 11.2. The van der Waals surface area contributed by atoms with Crippen molar-refractivity contribution in [3.05, 3.63) is 94.8 Å². The number of amides is 1. The van der Waals surface area contributed by atoms with Gasteiger partial charge >= 0.3 is 0 Å². The molecule has 1 aromatic heterocycles. The Morgan fingerprint density at radius 2 is 1.70 bits per heavy atom. The molecule has 10 heteroatoms. The minimum atomic E-state index is -0.265. The van der Waals surface area contributed by atoms with E-state index < -0.39 is 0 Å². The number of aromatic nitrogens is 3. The topological polar surface area (TPSA) is 84.8 Å². The van der Waals surface area contributed by atoms with Gasteiger partial charge < -0.3 is 14.8 Å². The lowest BCUT2D eigenvalue weighted by Crippen LogP contribution is -2.36. The largest absolute Gasteiger partial charge is 0.493 e. The lowest BCUT2D eigenvalue weighted by atomic mass is 10.0. The number of nitrogens with one attached hydrogen (secondary N) is 1. The van der Waals surface area contributed by atoms with Crippen LogP contribution in [0.3, 0.4) is 0 Å². The number of hydrogen-bond donors (Lipinski definition) is 1. The SMILES string of the molecule is COc1cc(CN2CCCN(CC(=O)Nc3ccc4c(c3)CCc3nnc(C)n3-4)CC2)ccc1OCc1ccc(F)cc1. The van der Waals surface area contributed by atoms with E-state index in [9.17, 15) is 9.18 Å². The number of carbonyl (C=O) groups is 1. The fourth-order valence-electron chi connectivity index (χ4n) is 5.88. The zero-order chi connectivity index (χ0) is 29.8. The molecule has 3 aromatic carbocycles. The Bertz CT molecular complexity index is 1590. The van der Waals surface area contributed by atoms with Crippen molar-refractivity contribution in [3.63, 3.8) is 0 Å². The molecule has 1 saturated heterocycles. The van der Waals surface area contributed by atoms with Gasteiger partial charge in [-0.2, -0.15) is 0 Å². The second-order valence-electron chi connectivity index (χ2n) is 11.2. The Kier molecular flexibility index (Phi) is 8.67. The predicted octanol–water partition coefficient (Wildman–Crippen LogP) is 4.55. The molecule has 4 aromatic rings. The molecule has 1 fully saturated rings. The van der Waals surface area contributed by atoms with Gasteiger partial charge in [-0.05, 0) is 92.0 Å². The molecule has 0 bridgehead atoms. The van der Waals surface area contributed by atoms with Gasteiger partial charge in [-0.3, -0.25) is 19.2 Å². The van der Waals surface area contributed by atoms with Gasteiger partial charge in [0, 0.05) is 31.7 Å². The van der Waals surface area contributed by atoms with Crippen molar-refractivity contribution in [2.24, 2.45) is 0 Å². The van der Waals surface area contributed by atoms with E-state index in [2.05, 4.69) is 42.0 Å². The number of nitrogens with zero attached hydrogens (tertiary/aromatic N) is 5. The van der Waals surface area contributed by atoms with Crippen LogP contribution >= 0.6 is 0 Å². The highest BCUT2D eigenvalue weighted by Gasteiger charge is 2.21. The Balaban J connectivity index is 0.996. The van der Waals surface area contributed by atoms with Crippen LogP contribution in [0.25, 0.3) is 5.69 Å². The van der Waals surface area contributed by atoms with Crippen molar-refractivity contribution in [2.45, 2.75) is 39.3 Å². The van der Waals surface area contributed by atoms with Gasteiger partial charge in [-0.15, -0.1) is 10.2 Å². The van der Waals surface area contributed by atoms with Gasteiger partial charge in [-0.1, -0.05) is 18.2 Å². The number of hydrogen-bond acceptors (Lipinski definition) is 7. The molecule has 0 unspecified atom stereocenters. The average Bonchev–Trinajstić information content (AvgIpc) is 3.26. The lowest BCUT2D eigenvalue weighted by molar-refractivity contribution is -0.117. The number of anilines is 1. The summed E-state index contributed by atoms with van der Waals surface area (Å²) in [5.41, 5.74) is 5.15. The van der Waals surface area contributed by atoms with Gasteiger partial charge in [0.1, 0.15) is 24.1 Å². The third kappa shape index (κ3) is 6.87. The summed E-state index contributed by atoms with van der Waals surface area (Å²) in [7, 11) is 1.64. The fourth-order valence-corrected chi connectivity index (χ4v) is 5.88. The number of rotatable bonds is 9. The molecule has 3 heterocycles. The van der Waals surface area contributed by atoms with Crippen molar-refractivity contribution >= 4 is 11.6 Å². The first-order valence-electron chi connectivity index (χ1n) is 14.8. The number of ether oxygens (including phenoxy) is 2. The van der Waals surface area contributed by atoms with Crippen LogP contribution in [0.1, 0.15) is 34.8 Å². The van der Waals surface area contributed by atoms with Crippen molar-refractivity contribution in [3.8, 4) is 17.2 Å². The molecule has 1 amide bonds. The van der Waals surface area contributed by atoms with Gasteiger partial charge in [-0.25, -0.2) is 4.39 Å². The molecule has 0 aliphatic carbocycles. The van der Waals surface area contributed by atoms with E-state index in [4.69, 9.17) is 9.47 Å². The molecule has 0 radical (unpaired) electrons. The third-order valence-electron chi connectivity index (χ3n) is 8.10. The molecule has 43 heavy (non-hydrogen) atoms. The maximum atomic E-state index is 13.2. The Morgan fingerprint density at radius 3 is 2.53 bits per heavy atom. The second kappa shape index (κ2) is 12.9. The molecule has 0 saturated carbocycles. The zero-order valence-electron chi connectivity index (χ0n) is 24.7. The van der Waals surface area contributed by atoms with Crippen LogP contribution < -0.4 is 14.8 Å². The van der Waals surface area contributed by atoms with Crippen LogP contribution in [0, 0.1) is 12.7 Å². The highest BCUT2D eigenvalue weighted by Crippen LogP contribution is 2.30. The predicted molar refractivity (Wildman–Crippen MR) is 162 cm³/mol. The van der Waals surface area contributed by atoms with Crippen molar-refractivity contribution in [1.82, 2.24) is 24.6 Å². The highest BCUT2D eigenvalue weighted by molar-refractivity contribution is 5.92. The van der Waals surface area contributed by atoms with E-state index in [-0.39, 0.29) is 11.7 Å². The van der Waals surface area contributed by atoms with E-state index in [0.29, 0.717) is 24.7 Å². The molecule has 224 valence electrons. The molecular weight excluding hydrogens is 547 g/mol. The van der Waals surface area contributed by atoms with Crippen LogP contribution in [0.15, 0.2) is 60.7 Å². The number of methoxy groups -OCH3 is 1. The molecule has 2 aliphatic heterocycles. The Hall–Kier alpha value is -4.28. The van der Waals surface area contributed by atoms with E-state index >= 15 is 0 Å². The lowest BCUT2D eigenvalue weighted by Gasteiger charge is -2.22. The summed E-state index contributed by atoms with van der Waals surface area (Å²) in [5, 5.41) is 11.6. The third-order valence-corrected chi connectivity index (χ3v) is 8.10. The summed E-state index contributed by atoms with van der Waals surface area (Å²) >= 11 is 0. The monoisotopic (exact) mass is 584 g/mol. The summed E-state index contributed by atoms with van der Waals surface area (Å²) < 4.78 is 26.8. The normalized spacial score (nSPS) is 15.3. The van der Waals surface area contributed by atoms with E-state index in [1.54, 1.807) is 19.2 Å². The number of halogens is 1. The van der Waals surface area contributed by atoms with Gasteiger partial charge in [0.05, 0.1) is 19.3 Å². The van der Waals surface area contributed by atoms with Crippen LogP contribution in [-0.4, -0.2) is 70.3 Å². The fraction of sp³-hybridized carbons (Fsp3) is 0.364. The molecule has 6 rings (SSSR count). The Morgan fingerprint density at radius 1 is 0.907 bits per heavy atom. The summed E-state index contributed by atoms with van der Waals surface area (Å²) in [5.74, 6) is 2.94. The number of aryl methyl sites for hydroxylation is 3. The smallest absolute Gasteiger partial charge is 0.238 e. The molecule has 0 spiro atoms. The van der Waals surface area contributed by atoms with Gasteiger partial charge in [0.15, 0.2) is 11.5 Å². The summed E-state index contributed by atoms with van der Waals surface area (Å²) in [6.45, 7) is 6.99. The quantitative estimate of drug-likeness (QED) is 0.309. The van der Waals surface area contributed by atoms with Crippen LogP contribution in [0.2, 0.25) is 0 Å². The summed E-state index contributed by atoms with van der Waals surface area (Å²) in [4.78, 5) is 17.6. The van der Waals surface area contributed by atoms with Crippen LogP contribution in [0.5, 0.6) is 11.5 Å². The molecule has 0 atom stereocenters. The molecule has 1 N–H and O–H groups in total. The zero-order valence-corrected chi connectivity index (χ0v) is 24.7. The average molecular weight is 585 g/mol. The maximum Gasteiger partial charge on any atom is 0.238 e. The summed E-state index contributed by atoms with van der Waals surface area (Å²) in [6, 6.07) is 18.4. The van der Waals surface area contributed by atoms with E-state index in [1.165, 1.54) is 17.7 Å². The number of fused-ring (bicyclic) bond motifs is 3. The number of carbonyl (C=O) groups excluding carboxylic acids is 1. The summed E-state index contributed by atoms with van der Waals surface area (Å²) in [6.07, 6.45) is 2.72. The van der Waals surface area contributed by atoms with Gasteiger partial charge in [0.25, 0.3) is 0 Å². The van der Waals surface area contributed by atoms with Crippen molar-refractivity contribution < 1.29 is 18.7 Å². The minimum absolute atomic E-state index is 0.00587. The first-order valence-corrected chi connectivity index (χ1v) is 14.8. The molecular formula is C33H37FN6O3.